The summed E-state index contributed by atoms with van der Waals surface area (Å²) in [5.74, 6) is 1.55. The normalized spacial score (nSPS) is 12.1. The summed E-state index contributed by atoms with van der Waals surface area (Å²) in [6, 6.07) is 8.22. The highest BCUT2D eigenvalue weighted by Gasteiger charge is 2.07. The summed E-state index contributed by atoms with van der Waals surface area (Å²) in [6.07, 6.45) is 1.02. The third kappa shape index (κ3) is 4.86. The molecule has 0 amide bonds. The summed E-state index contributed by atoms with van der Waals surface area (Å²) in [5, 5.41) is 0. The Labute approximate surface area is 105 Å². The minimum absolute atomic E-state index is 0. The lowest BCUT2D eigenvalue weighted by molar-refractivity contribution is 0.340. The Kier molecular flexibility index (Phi) is 7.18. The smallest absolute Gasteiger partial charge is 0.119 e. The monoisotopic (exact) mass is 243 g/mol. The molecule has 0 aromatic heterocycles. The van der Waals surface area contributed by atoms with Crippen LogP contribution in [0.3, 0.4) is 0 Å². The van der Waals surface area contributed by atoms with Gasteiger partial charge >= 0.3 is 0 Å². The van der Waals surface area contributed by atoms with E-state index in [2.05, 4.69) is 26.0 Å². The first-order valence-electron chi connectivity index (χ1n) is 5.61. The van der Waals surface area contributed by atoms with Crippen LogP contribution in [0.4, 0.5) is 0 Å². The van der Waals surface area contributed by atoms with Crippen LogP contribution in [0.25, 0.3) is 0 Å². The molecule has 0 fully saturated rings. The molecule has 16 heavy (non-hydrogen) atoms. The minimum atomic E-state index is 0. The van der Waals surface area contributed by atoms with Crippen molar-refractivity contribution in [2.45, 2.75) is 33.2 Å². The van der Waals surface area contributed by atoms with Crippen LogP contribution in [0.2, 0.25) is 0 Å². The second kappa shape index (κ2) is 7.53. The van der Waals surface area contributed by atoms with Crippen LogP contribution in [0, 0.1) is 5.92 Å². The lowest BCUT2D eigenvalue weighted by Gasteiger charge is -2.14. The van der Waals surface area contributed by atoms with E-state index in [0.717, 1.165) is 12.2 Å². The van der Waals surface area contributed by atoms with Crippen LogP contribution in [-0.4, -0.2) is 6.61 Å². The molecule has 0 bridgehead atoms. The number of halogens is 1. The Hall–Kier alpha value is -0.730. The lowest BCUT2D eigenvalue weighted by Crippen LogP contribution is -2.12. The lowest BCUT2D eigenvalue weighted by atomic mass is 9.98. The van der Waals surface area contributed by atoms with E-state index in [1.54, 1.807) is 0 Å². The summed E-state index contributed by atoms with van der Waals surface area (Å²) in [5.41, 5.74) is 7.27. The molecule has 2 nitrogen and oxygen atoms in total. The van der Waals surface area contributed by atoms with Gasteiger partial charge < -0.3 is 10.5 Å². The Balaban J connectivity index is 0.00000225. The molecule has 0 aliphatic heterocycles. The highest BCUT2D eigenvalue weighted by Crippen LogP contribution is 2.21. The van der Waals surface area contributed by atoms with Gasteiger partial charge in [-0.25, -0.2) is 0 Å². The van der Waals surface area contributed by atoms with Gasteiger partial charge in [-0.1, -0.05) is 26.0 Å². The van der Waals surface area contributed by atoms with Gasteiger partial charge in [0, 0.05) is 6.04 Å². The number of hydrogen-bond acceptors (Lipinski definition) is 2. The maximum Gasteiger partial charge on any atom is 0.119 e. The second-order valence-corrected chi connectivity index (χ2v) is 4.24. The van der Waals surface area contributed by atoms with E-state index in [-0.39, 0.29) is 18.4 Å². The molecule has 0 saturated heterocycles. The van der Waals surface area contributed by atoms with Crippen molar-refractivity contribution in [1.29, 1.82) is 0 Å². The van der Waals surface area contributed by atoms with E-state index in [1.807, 2.05) is 19.1 Å². The van der Waals surface area contributed by atoms with Crippen molar-refractivity contribution in [3.05, 3.63) is 29.8 Å². The summed E-state index contributed by atoms with van der Waals surface area (Å²) >= 11 is 0. The van der Waals surface area contributed by atoms with Crippen LogP contribution in [0.1, 0.15) is 38.8 Å². The highest BCUT2D eigenvalue weighted by atomic mass is 35.5. The van der Waals surface area contributed by atoms with Gasteiger partial charge in [0.2, 0.25) is 0 Å². The van der Waals surface area contributed by atoms with E-state index in [1.165, 1.54) is 5.56 Å². The van der Waals surface area contributed by atoms with Gasteiger partial charge in [0.15, 0.2) is 0 Å². The Morgan fingerprint density at radius 3 is 2.19 bits per heavy atom. The molecule has 0 radical (unpaired) electrons. The molecule has 0 spiro atoms. The first-order chi connectivity index (χ1) is 7.13. The van der Waals surface area contributed by atoms with Crippen molar-refractivity contribution < 1.29 is 4.74 Å². The van der Waals surface area contributed by atoms with Crippen LogP contribution in [0.15, 0.2) is 24.3 Å². The number of benzene rings is 1. The molecule has 0 heterocycles. The molecule has 1 aromatic carbocycles. The molecule has 1 aromatic rings. The fourth-order valence-corrected chi connectivity index (χ4v) is 1.62. The molecule has 0 unspecified atom stereocenters. The van der Waals surface area contributed by atoms with E-state index < -0.39 is 0 Å². The zero-order valence-electron chi connectivity index (χ0n) is 10.3. The molecule has 2 N–H and O–H groups in total. The van der Waals surface area contributed by atoms with Crippen molar-refractivity contribution >= 4 is 12.4 Å². The first-order valence-corrected chi connectivity index (χ1v) is 5.61. The summed E-state index contributed by atoms with van der Waals surface area (Å²) in [7, 11) is 0. The molecule has 1 atom stereocenters. The summed E-state index contributed by atoms with van der Waals surface area (Å²) in [4.78, 5) is 0. The predicted molar refractivity (Wildman–Crippen MR) is 71.2 cm³/mol. The van der Waals surface area contributed by atoms with E-state index in [4.69, 9.17) is 10.5 Å². The second-order valence-electron chi connectivity index (χ2n) is 4.24. The fraction of sp³-hybridized carbons (Fsp3) is 0.538. The SMILES string of the molecule is CCOc1ccc([C@@H](N)CC(C)C)cc1.Cl. The van der Waals surface area contributed by atoms with E-state index >= 15 is 0 Å². The number of ether oxygens (including phenoxy) is 1. The Morgan fingerprint density at radius 1 is 1.19 bits per heavy atom. The standard InChI is InChI=1S/C13H21NO.ClH/c1-4-15-12-7-5-11(6-8-12)13(14)9-10(2)3;/h5-8,10,13H,4,9,14H2,1-3H3;1H/t13-;/m0./s1. The van der Waals surface area contributed by atoms with Crippen LogP contribution < -0.4 is 10.5 Å². The van der Waals surface area contributed by atoms with Gasteiger partial charge in [-0.15, -0.1) is 12.4 Å². The zero-order valence-corrected chi connectivity index (χ0v) is 11.1. The number of hydrogen-bond donors (Lipinski definition) is 1. The van der Waals surface area contributed by atoms with E-state index in [0.29, 0.717) is 12.5 Å². The van der Waals surface area contributed by atoms with Crippen LogP contribution in [-0.2, 0) is 0 Å². The van der Waals surface area contributed by atoms with Crippen LogP contribution in [0.5, 0.6) is 5.75 Å². The van der Waals surface area contributed by atoms with Crippen molar-refractivity contribution in [2.24, 2.45) is 11.7 Å². The number of nitrogens with two attached hydrogens (primary N) is 1. The molecule has 92 valence electrons. The average molecular weight is 244 g/mol. The third-order valence-electron chi connectivity index (χ3n) is 2.34. The topological polar surface area (TPSA) is 35.2 Å². The maximum atomic E-state index is 6.08. The van der Waals surface area contributed by atoms with Gasteiger partial charge in [0.1, 0.15) is 5.75 Å². The molecular formula is C13H22ClNO. The Morgan fingerprint density at radius 2 is 1.75 bits per heavy atom. The largest absolute Gasteiger partial charge is 0.494 e. The average Bonchev–Trinajstić information content (AvgIpc) is 2.18. The molecule has 0 aliphatic carbocycles. The van der Waals surface area contributed by atoms with Crippen LogP contribution >= 0.6 is 12.4 Å². The summed E-state index contributed by atoms with van der Waals surface area (Å²) in [6.45, 7) is 7.07. The molecular weight excluding hydrogens is 222 g/mol. The van der Waals surface area contributed by atoms with Gasteiger partial charge in [0.25, 0.3) is 0 Å². The summed E-state index contributed by atoms with van der Waals surface area (Å²) < 4.78 is 5.38. The van der Waals surface area contributed by atoms with Crippen molar-refractivity contribution in [3.63, 3.8) is 0 Å². The van der Waals surface area contributed by atoms with Crippen molar-refractivity contribution in [2.75, 3.05) is 6.61 Å². The third-order valence-corrected chi connectivity index (χ3v) is 2.34. The predicted octanol–water partition coefficient (Wildman–Crippen LogP) is 3.55. The van der Waals surface area contributed by atoms with Crippen molar-refractivity contribution in [1.82, 2.24) is 0 Å². The quantitative estimate of drug-likeness (QED) is 0.859. The fourth-order valence-electron chi connectivity index (χ4n) is 1.62. The first kappa shape index (κ1) is 15.3. The highest BCUT2D eigenvalue weighted by molar-refractivity contribution is 5.85. The maximum absolute atomic E-state index is 6.08. The van der Waals surface area contributed by atoms with Crippen molar-refractivity contribution in [3.8, 4) is 5.75 Å². The molecule has 0 saturated carbocycles. The molecule has 3 heteroatoms. The van der Waals surface area contributed by atoms with E-state index in [9.17, 15) is 0 Å². The minimum Gasteiger partial charge on any atom is -0.494 e. The van der Waals surface area contributed by atoms with Gasteiger partial charge in [-0.2, -0.15) is 0 Å². The van der Waals surface area contributed by atoms with Gasteiger partial charge in [-0.05, 0) is 37.0 Å². The van der Waals surface area contributed by atoms with Gasteiger partial charge in [-0.3, -0.25) is 0 Å². The number of rotatable bonds is 5. The molecule has 1 rings (SSSR count). The Bertz CT molecular complexity index is 284. The van der Waals surface area contributed by atoms with Gasteiger partial charge in [0.05, 0.1) is 6.61 Å². The zero-order chi connectivity index (χ0) is 11.3. The molecule has 0 aliphatic rings.